The Morgan fingerprint density at radius 1 is 1.36 bits per heavy atom. The Balaban J connectivity index is 2.28. The summed E-state index contributed by atoms with van der Waals surface area (Å²) in [5.74, 6) is 0.635. The normalized spacial score (nSPS) is 9.91. The summed E-state index contributed by atoms with van der Waals surface area (Å²) in [5, 5.41) is 3.39. The molecule has 1 rings (SSSR count). The Morgan fingerprint density at radius 3 is 2.64 bits per heavy atom. The van der Waals surface area contributed by atoms with Crippen LogP contribution in [0.3, 0.4) is 0 Å². The zero-order chi connectivity index (χ0) is 16.4. The lowest BCUT2D eigenvalue weighted by atomic mass is 10.3. The zero-order valence-electron chi connectivity index (χ0n) is 12.4. The highest BCUT2D eigenvalue weighted by atomic mass is 79.9. The Bertz CT molecular complexity index is 513. The maximum atomic E-state index is 11.9. The molecule has 0 spiro atoms. The van der Waals surface area contributed by atoms with Gasteiger partial charge in [-0.25, -0.2) is 4.79 Å². The van der Waals surface area contributed by atoms with Gasteiger partial charge in [-0.3, -0.25) is 0 Å². The van der Waals surface area contributed by atoms with Crippen molar-refractivity contribution in [3.8, 4) is 5.75 Å². The molecule has 1 aromatic rings. The molecule has 0 atom stereocenters. The van der Waals surface area contributed by atoms with Crippen molar-refractivity contribution < 1.29 is 9.53 Å². The van der Waals surface area contributed by atoms with Gasteiger partial charge in [0, 0.05) is 24.1 Å². The third kappa shape index (κ3) is 6.54. The molecule has 0 radical (unpaired) electrons. The van der Waals surface area contributed by atoms with Crippen LogP contribution in [-0.2, 0) is 0 Å². The molecule has 0 fully saturated rings. The molecule has 4 nitrogen and oxygen atoms in total. The molecule has 0 bridgehead atoms. The molecule has 0 aliphatic heterocycles. The van der Waals surface area contributed by atoms with Gasteiger partial charge < -0.3 is 15.0 Å². The third-order valence-corrected chi connectivity index (χ3v) is 3.52. The van der Waals surface area contributed by atoms with Gasteiger partial charge in [0.05, 0.1) is 11.6 Å². The van der Waals surface area contributed by atoms with Crippen LogP contribution in [0.4, 0.5) is 4.79 Å². The highest BCUT2D eigenvalue weighted by Gasteiger charge is 2.09. The van der Waals surface area contributed by atoms with Crippen LogP contribution in [0.2, 0.25) is 5.02 Å². The van der Waals surface area contributed by atoms with Gasteiger partial charge in [-0.1, -0.05) is 39.7 Å². The minimum atomic E-state index is -0.138. The van der Waals surface area contributed by atoms with E-state index >= 15 is 0 Å². The summed E-state index contributed by atoms with van der Waals surface area (Å²) in [5.41, 5.74) is 0. The number of carbonyl (C=O) groups is 1. The number of amides is 2. The standard InChI is InChI=1S/C16H20BrClN2O2/c1-3-9-20(10-4-2)16(21)19-8-5-11-22-15-7-6-13(17)12-14(15)18/h3-4,6-7,12H,1-2,5,8-11H2,(H,19,21). The molecule has 1 aromatic carbocycles. The number of benzene rings is 1. The molecule has 1 N–H and O–H groups in total. The molecule has 0 aromatic heterocycles. The molecule has 0 unspecified atom stereocenters. The fourth-order valence-corrected chi connectivity index (χ4v) is 2.43. The van der Waals surface area contributed by atoms with Gasteiger partial charge in [0.1, 0.15) is 5.75 Å². The highest BCUT2D eigenvalue weighted by Crippen LogP contribution is 2.27. The van der Waals surface area contributed by atoms with Crippen molar-refractivity contribution in [1.29, 1.82) is 0 Å². The van der Waals surface area contributed by atoms with E-state index in [-0.39, 0.29) is 6.03 Å². The summed E-state index contributed by atoms with van der Waals surface area (Å²) in [7, 11) is 0. The van der Waals surface area contributed by atoms with Crippen LogP contribution < -0.4 is 10.1 Å². The van der Waals surface area contributed by atoms with E-state index in [1.807, 2.05) is 6.07 Å². The summed E-state index contributed by atoms with van der Waals surface area (Å²) < 4.78 is 6.48. The predicted octanol–water partition coefficient (Wildman–Crippen LogP) is 4.26. The molecule has 120 valence electrons. The Hall–Kier alpha value is -1.46. The number of hydrogen-bond donors (Lipinski definition) is 1. The molecule has 22 heavy (non-hydrogen) atoms. The van der Waals surface area contributed by atoms with Crippen LogP contribution in [0.5, 0.6) is 5.75 Å². The summed E-state index contributed by atoms with van der Waals surface area (Å²) in [6, 6.07) is 5.31. The van der Waals surface area contributed by atoms with E-state index < -0.39 is 0 Å². The smallest absolute Gasteiger partial charge is 0.317 e. The summed E-state index contributed by atoms with van der Waals surface area (Å²) in [4.78, 5) is 13.5. The van der Waals surface area contributed by atoms with E-state index in [0.717, 1.165) is 4.47 Å². The second kappa shape index (κ2) is 10.3. The fourth-order valence-electron chi connectivity index (χ4n) is 1.71. The molecule has 0 saturated carbocycles. The minimum Gasteiger partial charge on any atom is -0.492 e. The van der Waals surface area contributed by atoms with Gasteiger partial charge in [-0.15, -0.1) is 13.2 Å². The number of hydrogen-bond acceptors (Lipinski definition) is 2. The van der Waals surface area contributed by atoms with Gasteiger partial charge in [0.25, 0.3) is 0 Å². The fraction of sp³-hybridized carbons (Fsp3) is 0.312. The summed E-state index contributed by atoms with van der Waals surface area (Å²) >= 11 is 9.39. The number of nitrogens with zero attached hydrogens (tertiary/aromatic N) is 1. The van der Waals surface area contributed by atoms with Gasteiger partial charge in [0.2, 0.25) is 0 Å². The first-order valence-corrected chi connectivity index (χ1v) is 8.08. The van der Waals surface area contributed by atoms with Gasteiger partial charge in [0.15, 0.2) is 0 Å². The van der Waals surface area contributed by atoms with Crippen molar-refractivity contribution in [2.45, 2.75) is 6.42 Å². The molecular weight excluding hydrogens is 368 g/mol. The van der Waals surface area contributed by atoms with Gasteiger partial charge in [-0.2, -0.15) is 0 Å². The lowest BCUT2D eigenvalue weighted by Gasteiger charge is -2.19. The molecule has 0 heterocycles. The predicted molar refractivity (Wildman–Crippen MR) is 94.6 cm³/mol. The van der Waals surface area contributed by atoms with Crippen molar-refractivity contribution >= 4 is 33.6 Å². The van der Waals surface area contributed by atoms with Crippen LogP contribution in [0.15, 0.2) is 48.0 Å². The highest BCUT2D eigenvalue weighted by molar-refractivity contribution is 9.10. The minimum absolute atomic E-state index is 0.138. The topological polar surface area (TPSA) is 41.6 Å². The van der Waals surface area contributed by atoms with Crippen molar-refractivity contribution in [3.63, 3.8) is 0 Å². The van der Waals surface area contributed by atoms with Crippen molar-refractivity contribution in [3.05, 3.63) is 53.0 Å². The molecule has 0 aliphatic carbocycles. The number of carbonyl (C=O) groups excluding carboxylic acids is 1. The molecule has 6 heteroatoms. The molecule has 0 saturated heterocycles. The number of halogens is 2. The zero-order valence-corrected chi connectivity index (χ0v) is 14.7. The largest absolute Gasteiger partial charge is 0.492 e. The maximum Gasteiger partial charge on any atom is 0.317 e. The number of nitrogens with one attached hydrogen (secondary N) is 1. The van der Waals surface area contributed by atoms with Crippen LogP contribution in [0.25, 0.3) is 0 Å². The lowest BCUT2D eigenvalue weighted by Crippen LogP contribution is -2.40. The third-order valence-electron chi connectivity index (χ3n) is 2.74. The van der Waals surface area contributed by atoms with E-state index in [2.05, 4.69) is 34.4 Å². The maximum absolute atomic E-state index is 11.9. The lowest BCUT2D eigenvalue weighted by molar-refractivity contribution is 0.207. The second-order valence-electron chi connectivity index (χ2n) is 4.49. The van der Waals surface area contributed by atoms with Crippen molar-refractivity contribution in [2.24, 2.45) is 0 Å². The first-order valence-electron chi connectivity index (χ1n) is 6.91. The van der Waals surface area contributed by atoms with Crippen molar-refractivity contribution in [1.82, 2.24) is 10.2 Å². The van der Waals surface area contributed by atoms with E-state index in [9.17, 15) is 4.79 Å². The first-order chi connectivity index (χ1) is 10.6. The summed E-state index contributed by atoms with van der Waals surface area (Å²) in [6.45, 7) is 9.24. The Morgan fingerprint density at radius 2 is 2.05 bits per heavy atom. The quantitative estimate of drug-likeness (QED) is 0.508. The Labute approximate surface area is 144 Å². The van der Waals surface area contributed by atoms with Crippen LogP contribution in [0.1, 0.15) is 6.42 Å². The average molecular weight is 388 g/mol. The average Bonchev–Trinajstić information content (AvgIpc) is 2.48. The van der Waals surface area contributed by atoms with E-state index in [0.29, 0.717) is 43.4 Å². The Kier molecular flexibility index (Phi) is 8.70. The molecule has 2 amide bonds. The van der Waals surface area contributed by atoms with Crippen LogP contribution in [0, 0.1) is 0 Å². The molecular formula is C16H20BrClN2O2. The van der Waals surface area contributed by atoms with Gasteiger partial charge >= 0.3 is 6.03 Å². The second-order valence-corrected chi connectivity index (χ2v) is 5.81. The number of rotatable bonds is 9. The van der Waals surface area contributed by atoms with Crippen LogP contribution >= 0.6 is 27.5 Å². The van der Waals surface area contributed by atoms with E-state index in [1.54, 1.807) is 29.2 Å². The monoisotopic (exact) mass is 386 g/mol. The van der Waals surface area contributed by atoms with Crippen LogP contribution in [-0.4, -0.2) is 37.2 Å². The number of urea groups is 1. The summed E-state index contributed by atoms with van der Waals surface area (Å²) in [6.07, 6.45) is 4.05. The van der Waals surface area contributed by atoms with Crippen molar-refractivity contribution in [2.75, 3.05) is 26.2 Å². The number of ether oxygens (including phenoxy) is 1. The molecule has 0 aliphatic rings. The first kappa shape index (κ1) is 18.6. The van der Waals surface area contributed by atoms with E-state index in [4.69, 9.17) is 16.3 Å². The van der Waals surface area contributed by atoms with Gasteiger partial charge in [-0.05, 0) is 24.6 Å². The van der Waals surface area contributed by atoms with E-state index in [1.165, 1.54) is 0 Å². The SMILES string of the molecule is C=CCN(CC=C)C(=O)NCCCOc1ccc(Br)cc1Cl.